The number of rotatable bonds is 6. The van der Waals surface area contributed by atoms with Gasteiger partial charge in [-0.2, -0.15) is 0 Å². The highest BCUT2D eigenvalue weighted by Crippen LogP contribution is 2.24. The summed E-state index contributed by atoms with van der Waals surface area (Å²) in [7, 11) is 1.64. The third-order valence-corrected chi connectivity index (χ3v) is 3.43. The molecule has 0 saturated carbocycles. The minimum atomic E-state index is -0.436. The molecule has 0 atom stereocenters. The number of nitrogens with two attached hydrogens (primary N) is 1. The summed E-state index contributed by atoms with van der Waals surface area (Å²) in [5.41, 5.74) is 7.30. The number of benzene rings is 1. The minimum absolute atomic E-state index is 0.198. The van der Waals surface area contributed by atoms with Crippen LogP contribution in [0.15, 0.2) is 18.2 Å². The lowest BCUT2D eigenvalue weighted by Gasteiger charge is -2.19. The lowest BCUT2D eigenvalue weighted by molar-refractivity contribution is -0.151. The molecular weight excluding hydrogens is 274 g/mol. The van der Waals surface area contributed by atoms with Crippen molar-refractivity contribution in [3.63, 3.8) is 0 Å². The van der Waals surface area contributed by atoms with E-state index in [2.05, 4.69) is 0 Å². The van der Waals surface area contributed by atoms with Gasteiger partial charge in [-0.3, -0.25) is 4.79 Å². The Labute approximate surface area is 125 Å². The zero-order valence-corrected chi connectivity index (χ0v) is 13.4. The van der Waals surface area contributed by atoms with Crippen LogP contribution in [-0.2, 0) is 21.8 Å². The van der Waals surface area contributed by atoms with Gasteiger partial charge in [0, 0.05) is 17.9 Å². The molecule has 2 N–H and O–H groups in total. The minimum Gasteiger partial charge on any atom is -0.496 e. The second-order valence-electron chi connectivity index (χ2n) is 5.43. The Kier molecular flexibility index (Phi) is 6.36. The smallest absolute Gasteiger partial charge is 0.316 e. The normalized spacial score (nSPS) is 11.2. The number of methoxy groups -OCH3 is 1. The van der Waals surface area contributed by atoms with Crippen molar-refractivity contribution < 1.29 is 14.3 Å². The summed E-state index contributed by atoms with van der Waals surface area (Å²) in [4.78, 5) is 11.6. The highest BCUT2D eigenvalue weighted by molar-refractivity contribution is 7.99. The van der Waals surface area contributed by atoms with E-state index in [-0.39, 0.29) is 5.97 Å². The Morgan fingerprint density at radius 2 is 2.05 bits per heavy atom. The van der Waals surface area contributed by atoms with Crippen molar-refractivity contribution >= 4 is 17.7 Å². The van der Waals surface area contributed by atoms with Crippen LogP contribution in [0.25, 0.3) is 0 Å². The summed E-state index contributed by atoms with van der Waals surface area (Å²) in [6.07, 6.45) is 0. The molecule has 0 aliphatic heterocycles. The van der Waals surface area contributed by atoms with Gasteiger partial charge in [-0.25, -0.2) is 0 Å². The van der Waals surface area contributed by atoms with Crippen LogP contribution in [0.1, 0.15) is 31.9 Å². The molecule has 4 nitrogen and oxygen atoms in total. The topological polar surface area (TPSA) is 61.5 Å². The van der Waals surface area contributed by atoms with Crippen LogP contribution in [0.2, 0.25) is 0 Å². The van der Waals surface area contributed by atoms with Crippen LogP contribution in [-0.4, -0.2) is 24.4 Å². The van der Waals surface area contributed by atoms with Gasteiger partial charge < -0.3 is 15.2 Å². The van der Waals surface area contributed by atoms with E-state index in [0.29, 0.717) is 18.1 Å². The summed E-state index contributed by atoms with van der Waals surface area (Å²) in [5.74, 6) is 1.64. The quantitative estimate of drug-likeness (QED) is 0.818. The van der Waals surface area contributed by atoms with E-state index in [9.17, 15) is 4.79 Å². The summed E-state index contributed by atoms with van der Waals surface area (Å²) < 4.78 is 10.6. The Hall–Kier alpha value is -1.20. The number of carbonyl (C=O) groups excluding carboxylic acids is 1. The SMILES string of the molecule is COc1ccc(CN)cc1CSCC(=O)OC(C)(C)C. The van der Waals surface area contributed by atoms with E-state index in [1.165, 1.54) is 11.8 Å². The van der Waals surface area contributed by atoms with Crippen LogP contribution < -0.4 is 10.5 Å². The van der Waals surface area contributed by atoms with Crippen molar-refractivity contribution in [1.29, 1.82) is 0 Å². The highest BCUT2D eigenvalue weighted by atomic mass is 32.2. The number of hydrogen-bond donors (Lipinski definition) is 1. The fourth-order valence-corrected chi connectivity index (χ4v) is 2.46. The molecule has 0 bridgehead atoms. The molecule has 20 heavy (non-hydrogen) atoms. The zero-order chi connectivity index (χ0) is 15.2. The molecule has 0 saturated heterocycles. The molecule has 0 amide bonds. The first-order valence-electron chi connectivity index (χ1n) is 6.51. The summed E-state index contributed by atoms with van der Waals surface area (Å²) in [5, 5.41) is 0. The average Bonchev–Trinajstić information content (AvgIpc) is 2.36. The third kappa shape index (κ3) is 5.84. The van der Waals surface area contributed by atoms with Gasteiger partial charge in [-0.1, -0.05) is 6.07 Å². The molecule has 0 radical (unpaired) electrons. The maximum Gasteiger partial charge on any atom is 0.316 e. The predicted molar refractivity (Wildman–Crippen MR) is 82.9 cm³/mol. The van der Waals surface area contributed by atoms with Crippen molar-refractivity contribution in [1.82, 2.24) is 0 Å². The van der Waals surface area contributed by atoms with Crippen molar-refractivity contribution in [2.24, 2.45) is 5.73 Å². The van der Waals surface area contributed by atoms with Gasteiger partial charge in [0.25, 0.3) is 0 Å². The van der Waals surface area contributed by atoms with Crippen LogP contribution in [0.3, 0.4) is 0 Å². The number of esters is 1. The van der Waals surface area contributed by atoms with Gasteiger partial charge >= 0.3 is 5.97 Å². The zero-order valence-electron chi connectivity index (χ0n) is 12.6. The molecule has 0 fully saturated rings. The molecule has 1 rings (SSSR count). The Morgan fingerprint density at radius 3 is 2.60 bits per heavy atom. The standard InChI is InChI=1S/C15H23NO3S/c1-15(2,3)19-14(17)10-20-9-12-7-11(8-16)5-6-13(12)18-4/h5-7H,8-10,16H2,1-4H3. The number of thioether (sulfide) groups is 1. The number of ether oxygens (including phenoxy) is 2. The van der Waals surface area contributed by atoms with E-state index in [1.807, 2.05) is 39.0 Å². The van der Waals surface area contributed by atoms with Crippen LogP contribution in [0.5, 0.6) is 5.75 Å². The lowest BCUT2D eigenvalue weighted by atomic mass is 10.1. The van der Waals surface area contributed by atoms with E-state index in [1.54, 1.807) is 7.11 Å². The Balaban J connectivity index is 2.55. The van der Waals surface area contributed by atoms with Gasteiger partial charge in [0.05, 0.1) is 12.9 Å². The molecule has 0 aromatic heterocycles. The van der Waals surface area contributed by atoms with Gasteiger partial charge in [0.1, 0.15) is 11.4 Å². The third-order valence-electron chi connectivity index (χ3n) is 2.48. The van der Waals surface area contributed by atoms with Crippen LogP contribution in [0, 0.1) is 0 Å². The fraction of sp³-hybridized carbons (Fsp3) is 0.533. The van der Waals surface area contributed by atoms with E-state index in [0.717, 1.165) is 16.9 Å². The van der Waals surface area contributed by atoms with Crippen molar-refractivity contribution in [2.45, 2.75) is 38.7 Å². The lowest BCUT2D eigenvalue weighted by Crippen LogP contribution is -2.24. The van der Waals surface area contributed by atoms with E-state index < -0.39 is 5.60 Å². The number of carbonyl (C=O) groups is 1. The molecule has 0 aliphatic carbocycles. The van der Waals surface area contributed by atoms with Crippen molar-refractivity contribution in [2.75, 3.05) is 12.9 Å². The van der Waals surface area contributed by atoms with Crippen molar-refractivity contribution in [3.8, 4) is 5.75 Å². The second-order valence-corrected chi connectivity index (χ2v) is 6.42. The average molecular weight is 297 g/mol. The molecule has 0 aliphatic rings. The summed E-state index contributed by atoms with van der Waals surface area (Å²) >= 11 is 1.51. The maximum atomic E-state index is 11.6. The molecule has 0 heterocycles. The molecular formula is C15H23NO3S. The molecule has 5 heteroatoms. The Bertz CT molecular complexity index is 455. The summed E-state index contributed by atoms with van der Waals surface area (Å²) in [6, 6.07) is 5.87. The van der Waals surface area contributed by atoms with Crippen molar-refractivity contribution in [3.05, 3.63) is 29.3 Å². The summed E-state index contributed by atoms with van der Waals surface area (Å²) in [6.45, 7) is 6.09. The second kappa shape index (κ2) is 7.55. The monoisotopic (exact) mass is 297 g/mol. The first-order chi connectivity index (χ1) is 9.35. The molecule has 0 unspecified atom stereocenters. The molecule has 112 valence electrons. The van der Waals surface area contributed by atoms with Gasteiger partial charge in [-0.15, -0.1) is 11.8 Å². The molecule has 1 aromatic carbocycles. The predicted octanol–water partition coefficient (Wildman–Crippen LogP) is 2.73. The van der Waals surface area contributed by atoms with Gasteiger partial charge in [-0.05, 0) is 38.5 Å². The van der Waals surface area contributed by atoms with Gasteiger partial charge in [0.15, 0.2) is 0 Å². The van der Waals surface area contributed by atoms with Crippen LogP contribution >= 0.6 is 11.8 Å². The molecule has 0 spiro atoms. The van der Waals surface area contributed by atoms with Gasteiger partial charge in [0.2, 0.25) is 0 Å². The highest BCUT2D eigenvalue weighted by Gasteiger charge is 2.16. The van der Waals surface area contributed by atoms with E-state index in [4.69, 9.17) is 15.2 Å². The fourth-order valence-electron chi connectivity index (χ4n) is 1.69. The first-order valence-corrected chi connectivity index (χ1v) is 7.66. The Morgan fingerprint density at radius 1 is 1.35 bits per heavy atom. The first kappa shape index (κ1) is 16.9. The van der Waals surface area contributed by atoms with E-state index >= 15 is 0 Å². The number of hydrogen-bond acceptors (Lipinski definition) is 5. The van der Waals surface area contributed by atoms with Crippen LogP contribution in [0.4, 0.5) is 0 Å². The maximum absolute atomic E-state index is 11.6. The molecule has 1 aromatic rings. The largest absolute Gasteiger partial charge is 0.496 e.